The molecule has 1 saturated heterocycles. The van der Waals surface area contributed by atoms with E-state index < -0.39 is 17.6 Å². The Balaban J connectivity index is 1.60. The summed E-state index contributed by atoms with van der Waals surface area (Å²) in [4.78, 5) is 30.6. The Bertz CT molecular complexity index is 1070. The van der Waals surface area contributed by atoms with E-state index in [1.165, 1.54) is 30.5 Å². The summed E-state index contributed by atoms with van der Waals surface area (Å²) < 4.78 is 51.1. The number of carbonyl (C=O) groups is 2. The molecule has 36 heavy (non-hydrogen) atoms. The molecule has 12 heteroatoms. The molecule has 1 aliphatic rings. The van der Waals surface area contributed by atoms with Gasteiger partial charge in [-0.25, -0.2) is 0 Å². The van der Waals surface area contributed by atoms with Crippen LogP contribution in [0.25, 0.3) is 0 Å². The minimum atomic E-state index is -4.63. The summed E-state index contributed by atoms with van der Waals surface area (Å²) >= 11 is 5.09. The third-order valence-corrected chi connectivity index (χ3v) is 5.52. The van der Waals surface area contributed by atoms with Gasteiger partial charge in [-0.15, -0.1) is 0 Å². The summed E-state index contributed by atoms with van der Waals surface area (Å²) in [7, 11) is 0. The summed E-state index contributed by atoms with van der Waals surface area (Å²) in [6, 6.07) is 6.33. The first-order chi connectivity index (χ1) is 17.2. The van der Waals surface area contributed by atoms with Gasteiger partial charge in [0.05, 0.1) is 30.9 Å². The zero-order valence-corrected chi connectivity index (χ0v) is 20.5. The lowest BCUT2D eigenvalue weighted by Crippen LogP contribution is -2.41. The number of alkyl halides is 3. The number of nitrogens with one attached hydrogen (secondary N) is 2. The lowest BCUT2D eigenvalue weighted by atomic mass is 10.1. The summed E-state index contributed by atoms with van der Waals surface area (Å²) in [5, 5.41) is 4.78. The second kappa shape index (κ2) is 12.6. The molecule has 0 radical (unpaired) electrons. The van der Waals surface area contributed by atoms with Crippen molar-refractivity contribution in [3.05, 3.63) is 53.3 Å². The second-order valence-corrected chi connectivity index (χ2v) is 8.42. The lowest BCUT2D eigenvalue weighted by molar-refractivity contribution is -0.138. The highest BCUT2D eigenvalue weighted by molar-refractivity contribution is 7.80. The van der Waals surface area contributed by atoms with E-state index in [2.05, 4.69) is 15.6 Å². The molecule has 0 atom stereocenters. The van der Waals surface area contributed by atoms with Gasteiger partial charge in [0, 0.05) is 25.0 Å². The number of amides is 2. The van der Waals surface area contributed by atoms with Crippen LogP contribution in [0.3, 0.4) is 0 Å². The number of aromatic nitrogens is 1. The van der Waals surface area contributed by atoms with Gasteiger partial charge in [-0.2, -0.15) is 13.2 Å². The third-order valence-electron chi connectivity index (χ3n) is 5.32. The van der Waals surface area contributed by atoms with Crippen molar-refractivity contribution in [1.29, 1.82) is 0 Å². The number of unbranched alkanes of at least 4 members (excludes halogenated alkanes) is 2. The molecule has 194 valence electrons. The zero-order valence-electron chi connectivity index (χ0n) is 19.7. The number of ether oxygens (including phenoxy) is 2. The van der Waals surface area contributed by atoms with Crippen LogP contribution in [-0.4, -0.2) is 59.7 Å². The number of carbonyl (C=O) groups excluding carboxylic acids is 2. The maximum absolute atomic E-state index is 13.5. The molecule has 0 unspecified atom stereocenters. The molecule has 2 aromatic rings. The number of benzene rings is 1. The van der Waals surface area contributed by atoms with Gasteiger partial charge in [-0.3, -0.25) is 19.9 Å². The number of morpholine rings is 1. The number of pyridine rings is 1. The van der Waals surface area contributed by atoms with Crippen LogP contribution in [-0.2, 0) is 10.9 Å². The van der Waals surface area contributed by atoms with Crippen molar-refractivity contribution in [2.75, 3.05) is 38.2 Å². The minimum absolute atomic E-state index is 0.0399. The van der Waals surface area contributed by atoms with Gasteiger partial charge in [0.1, 0.15) is 11.4 Å². The third kappa shape index (κ3) is 7.62. The van der Waals surface area contributed by atoms with E-state index in [9.17, 15) is 22.8 Å². The van der Waals surface area contributed by atoms with Gasteiger partial charge in [0.15, 0.2) is 5.11 Å². The Kier molecular flexibility index (Phi) is 9.59. The Morgan fingerprint density at radius 3 is 2.56 bits per heavy atom. The Hall–Kier alpha value is -3.25. The highest BCUT2D eigenvalue weighted by Crippen LogP contribution is 2.38. The van der Waals surface area contributed by atoms with Gasteiger partial charge in [0.2, 0.25) is 0 Å². The SMILES string of the molecule is CCCCCOc1ccc(NC(=S)NC(=O)c2ccc(C(=O)N3CCOCC3)nc2)cc1C(F)(F)F. The molecule has 1 aromatic carbocycles. The number of thiocarbonyl (C=S) groups is 1. The molecule has 0 aliphatic carbocycles. The van der Waals surface area contributed by atoms with Crippen molar-refractivity contribution >= 4 is 34.8 Å². The van der Waals surface area contributed by atoms with Gasteiger partial charge in [-0.1, -0.05) is 19.8 Å². The van der Waals surface area contributed by atoms with Crippen LogP contribution in [0, 0.1) is 0 Å². The molecule has 1 aliphatic heterocycles. The van der Waals surface area contributed by atoms with Crippen LogP contribution in [0.15, 0.2) is 36.5 Å². The second-order valence-electron chi connectivity index (χ2n) is 8.01. The standard InChI is InChI=1S/C24H27F3N4O4S/c1-2-3-4-11-35-20-8-6-17(14-18(20)24(25,26)27)29-23(36)30-21(32)16-5-7-19(28-15-16)22(33)31-9-12-34-13-10-31/h5-8,14-15H,2-4,9-13H2,1H3,(H2,29,30,32,36). The Labute approximate surface area is 212 Å². The fraction of sp³-hybridized carbons (Fsp3) is 0.417. The van der Waals surface area contributed by atoms with Crippen LogP contribution in [0.4, 0.5) is 18.9 Å². The quantitative estimate of drug-likeness (QED) is 0.394. The van der Waals surface area contributed by atoms with E-state index in [0.717, 1.165) is 18.9 Å². The summed E-state index contributed by atoms with van der Waals surface area (Å²) in [6.45, 7) is 4.01. The highest BCUT2D eigenvalue weighted by Gasteiger charge is 2.35. The van der Waals surface area contributed by atoms with Crippen molar-refractivity contribution < 1.29 is 32.2 Å². The number of rotatable bonds is 8. The minimum Gasteiger partial charge on any atom is -0.493 e. The first kappa shape index (κ1) is 27.3. The zero-order chi connectivity index (χ0) is 26.1. The average Bonchev–Trinajstić information content (AvgIpc) is 2.86. The molecule has 1 aromatic heterocycles. The lowest BCUT2D eigenvalue weighted by Gasteiger charge is -2.26. The molecule has 0 bridgehead atoms. The van der Waals surface area contributed by atoms with E-state index in [4.69, 9.17) is 21.7 Å². The predicted molar refractivity (Wildman–Crippen MR) is 131 cm³/mol. The monoisotopic (exact) mass is 524 g/mol. The van der Waals surface area contributed by atoms with Gasteiger partial charge in [0.25, 0.3) is 11.8 Å². The smallest absolute Gasteiger partial charge is 0.420 e. The topological polar surface area (TPSA) is 92.8 Å². The maximum Gasteiger partial charge on any atom is 0.420 e. The van der Waals surface area contributed by atoms with Gasteiger partial charge in [-0.05, 0) is 49.0 Å². The summed E-state index contributed by atoms with van der Waals surface area (Å²) in [6.07, 6.45) is -0.959. The number of anilines is 1. The maximum atomic E-state index is 13.5. The largest absolute Gasteiger partial charge is 0.493 e. The van der Waals surface area contributed by atoms with Crippen molar-refractivity contribution in [1.82, 2.24) is 15.2 Å². The molecule has 3 rings (SSSR count). The molecule has 1 fully saturated rings. The fourth-order valence-electron chi connectivity index (χ4n) is 3.41. The summed E-state index contributed by atoms with van der Waals surface area (Å²) in [5.41, 5.74) is -0.587. The van der Waals surface area contributed by atoms with E-state index in [0.29, 0.717) is 32.7 Å². The number of nitrogens with zero attached hydrogens (tertiary/aromatic N) is 2. The molecule has 8 nitrogen and oxygen atoms in total. The van der Waals surface area contributed by atoms with Gasteiger partial charge >= 0.3 is 6.18 Å². The Morgan fingerprint density at radius 2 is 1.92 bits per heavy atom. The highest BCUT2D eigenvalue weighted by atomic mass is 32.1. The summed E-state index contributed by atoms with van der Waals surface area (Å²) in [5.74, 6) is -1.16. The number of halogens is 3. The predicted octanol–water partition coefficient (Wildman–Crippen LogP) is 4.27. The number of hydrogen-bond donors (Lipinski definition) is 2. The number of hydrogen-bond acceptors (Lipinski definition) is 6. The average molecular weight is 525 g/mol. The van der Waals surface area contributed by atoms with Crippen LogP contribution in [0.2, 0.25) is 0 Å². The normalized spacial score (nSPS) is 13.7. The van der Waals surface area contributed by atoms with Crippen LogP contribution >= 0.6 is 12.2 Å². The molecular weight excluding hydrogens is 497 g/mol. The molecule has 0 saturated carbocycles. The van der Waals surface area contributed by atoms with Gasteiger partial charge < -0.3 is 19.7 Å². The molecular formula is C24H27F3N4O4S. The van der Waals surface area contributed by atoms with Crippen molar-refractivity contribution in [2.45, 2.75) is 32.4 Å². The Morgan fingerprint density at radius 1 is 1.17 bits per heavy atom. The van der Waals surface area contributed by atoms with E-state index >= 15 is 0 Å². The fourth-order valence-corrected chi connectivity index (χ4v) is 3.62. The van der Waals surface area contributed by atoms with Crippen LogP contribution < -0.4 is 15.4 Å². The van der Waals surface area contributed by atoms with Crippen molar-refractivity contribution in [3.63, 3.8) is 0 Å². The molecule has 2 N–H and O–H groups in total. The van der Waals surface area contributed by atoms with Crippen LogP contribution in [0.5, 0.6) is 5.75 Å². The molecule has 2 heterocycles. The van der Waals surface area contributed by atoms with E-state index in [-0.39, 0.29) is 40.3 Å². The molecule has 0 spiro atoms. The van der Waals surface area contributed by atoms with E-state index in [1.54, 1.807) is 4.90 Å². The van der Waals surface area contributed by atoms with Crippen molar-refractivity contribution in [2.24, 2.45) is 0 Å². The van der Waals surface area contributed by atoms with Crippen molar-refractivity contribution in [3.8, 4) is 5.75 Å². The first-order valence-corrected chi connectivity index (χ1v) is 11.9. The van der Waals surface area contributed by atoms with E-state index in [1.807, 2.05) is 6.92 Å². The first-order valence-electron chi connectivity index (χ1n) is 11.5. The molecule has 2 amide bonds. The van der Waals surface area contributed by atoms with Crippen LogP contribution in [0.1, 0.15) is 52.6 Å².